The Morgan fingerprint density at radius 1 is 1.30 bits per heavy atom. The lowest BCUT2D eigenvalue weighted by Gasteiger charge is -2.38. The fourth-order valence-electron chi connectivity index (χ4n) is 3.78. The van der Waals surface area contributed by atoms with Gasteiger partial charge in [-0.05, 0) is 44.2 Å². The lowest BCUT2D eigenvalue weighted by Crippen LogP contribution is -2.52. The van der Waals surface area contributed by atoms with Gasteiger partial charge in [-0.15, -0.1) is 0 Å². The van der Waals surface area contributed by atoms with Crippen molar-refractivity contribution in [2.45, 2.75) is 46.1 Å². The zero-order valence-corrected chi connectivity index (χ0v) is 13.4. The summed E-state index contributed by atoms with van der Waals surface area (Å²) in [6.07, 6.45) is 3.71. The first-order chi connectivity index (χ1) is 9.60. The van der Waals surface area contributed by atoms with Crippen molar-refractivity contribution in [2.75, 3.05) is 39.3 Å². The zero-order valence-electron chi connectivity index (χ0n) is 13.4. The molecule has 20 heavy (non-hydrogen) atoms. The van der Waals surface area contributed by atoms with Crippen molar-refractivity contribution in [1.29, 1.82) is 0 Å². The molecule has 0 aliphatic carbocycles. The van der Waals surface area contributed by atoms with Crippen molar-refractivity contribution in [1.82, 2.24) is 15.1 Å². The second kappa shape index (κ2) is 7.41. The monoisotopic (exact) mass is 281 g/mol. The molecule has 0 radical (unpaired) electrons. The summed E-state index contributed by atoms with van der Waals surface area (Å²) in [4.78, 5) is 17.0. The minimum absolute atomic E-state index is 0.329. The Morgan fingerprint density at radius 2 is 2.00 bits per heavy atom. The van der Waals surface area contributed by atoms with Gasteiger partial charge in [0.2, 0.25) is 5.91 Å². The molecule has 2 heterocycles. The van der Waals surface area contributed by atoms with E-state index >= 15 is 0 Å². The number of amides is 1. The maximum atomic E-state index is 12.6. The number of carbonyl (C=O) groups is 1. The van der Waals surface area contributed by atoms with Gasteiger partial charge in [0.15, 0.2) is 0 Å². The molecule has 0 aromatic rings. The third-order valence-electron chi connectivity index (χ3n) is 4.75. The fourth-order valence-corrected chi connectivity index (χ4v) is 3.78. The van der Waals surface area contributed by atoms with Crippen LogP contribution in [-0.2, 0) is 4.79 Å². The van der Waals surface area contributed by atoms with Crippen LogP contribution in [0, 0.1) is 11.8 Å². The number of carbonyl (C=O) groups excluding carboxylic acids is 1. The van der Waals surface area contributed by atoms with E-state index in [0.29, 0.717) is 30.3 Å². The van der Waals surface area contributed by atoms with Crippen LogP contribution in [0.4, 0.5) is 0 Å². The highest BCUT2D eigenvalue weighted by molar-refractivity contribution is 5.78. The second-order valence-electron chi connectivity index (χ2n) is 6.81. The first-order valence-corrected chi connectivity index (χ1v) is 8.32. The van der Waals surface area contributed by atoms with Gasteiger partial charge >= 0.3 is 0 Å². The molecule has 0 aromatic heterocycles. The van der Waals surface area contributed by atoms with Crippen LogP contribution in [0.15, 0.2) is 0 Å². The number of piperidine rings is 2. The molecule has 1 amide bonds. The molecule has 116 valence electrons. The van der Waals surface area contributed by atoms with E-state index in [2.05, 4.69) is 35.9 Å². The number of rotatable bonds is 4. The number of nitrogens with one attached hydrogen (secondary N) is 1. The van der Waals surface area contributed by atoms with Crippen LogP contribution >= 0.6 is 0 Å². The summed E-state index contributed by atoms with van der Waals surface area (Å²) in [6.45, 7) is 12.3. The van der Waals surface area contributed by atoms with Gasteiger partial charge < -0.3 is 10.2 Å². The van der Waals surface area contributed by atoms with Crippen molar-refractivity contribution in [3.8, 4) is 0 Å². The lowest BCUT2D eigenvalue weighted by molar-refractivity contribution is -0.135. The normalized spacial score (nSPS) is 31.6. The van der Waals surface area contributed by atoms with Gasteiger partial charge in [0.05, 0.1) is 6.54 Å². The van der Waals surface area contributed by atoms with E-state index in [0.717, 1.165) is 32.7 Å². The molecule has 2 fully saturated rings. The van der Waals surface area contributed by atoms with E-state index in [1.165, 1.54) is 19.3 Å². The predicted octanol–water partition coefficient (Wildman–Crippen LogP) is 1.56. The largest absolute Gasteiger partial charge is 0.341 e. The molecule has 4 heteroatoms. The summed E-state index contributed by atoms with van der Waals surface area (Å²) in [5, 5.41) is 3.45. The van der Waals surface area contributed by atoms with Gasteiger partial charge in [-0.25, -0.2) is 0 Å². The summed E-state index contributed by atoms with van der Waals surface area (Å²) < 4.78 is 0. The molecule has 2 rings (SSSR count). The molecule has 2 aliphatic rings. The summed E-state index contributed by atoms with van der Waals surface area (Å²) in [7, 11) is 0. The number of nitrogens with zero attached hydrogens (tertiary/aromatic N) is 2. The Labute approximate surface area is 123 Å². The summed E-state index contributed by atoms with van der Waals surface area (Å²) in [5.41, 5.74) is 0. The smallest absolute Gasteiger partial charge is 0.236 e. The molecule has 3 unspecified atom stereocenters. The Kier molecular flexibility index (Phi) is 5.85. The van der Waals surface area contributed by atoms with E-state index in [4.69, 9.17) is 0 Å². The van der Waals surface area contributed by atoms with Gasteiger partial charge in [0, 0.05) is 25.7 Å². The van der Waals surface area contributed by atoms with Gasteiger partial charge in [0.1, 0.15) is 0 Å². The van der Waals surface area contributed by atoms with Crippen LogP contribution < -0.4 is 5.32 Å². The molecular weight excluding hydrogens is 250 g/mol. The highest BCUT2D eigenvalue weighted by atomic mass is 16.2. The molecule has 3 atom stereocenters. The topological polar surface area (TPSA) is 35.6 Å². The van der Waals surface area contributed by atoms with E-state index in [9.17, 15) is 4.79 Å². The van der Waals surface area contributed by atoms with Crippen LogP contribution in [0.3, 0.4) is 0 Å². The van der Waals surface area contributed by atoms with Gasteiger partial charge in [-0.1, -0.05) is 20.8 Å². The standard InChI is InChI=1S/C16H31N3O/c1-4-18(15-6-5-7-17-9-15)12-16(20)19-10-13(2)8-14(3)11-19/h13-15,17H,4-12H2,1-3H3. The molecule has 0 spiro atoms. The summed E-state index contributed by atoms with van der Waals surface area (Å²) in [6, 6.07) is 0.539. The number of likely N-dealkylation sites (tertiary alicyclic amines) is 1. The molecular formula is C16H31N3O. The minimum Gasteiger partial charge on any atom is -0.341 e. The van der Waals surface area contributed by atoms with Crippen LogP contribution in [0.1, 0.15) is 40.0 Å². The number of hydrogen-bond donors (Lipinski definition) is 1. The molecule has 0 bridgehead atoms. The fraction of sp³-hybridized carbons (Fsp3) is 0.938. The van der Waals surface area contributed by atoms with Gasteiger partial charge in [-0.3, -0.25) is 9.69 Å². The van der Waals surface area contributed by atoms with E-state index in [1.807, 2.05) is 0 Å². The summed E-state index contributed by atoms with van der Waals surface area (Å²) >= 11 is 0. The maximum Gasteiger partial charge on any atom is 0.236 e. The van der Waals surface area contributed by atoms with Crippen LogP contribution in [0.2, 0.25) is 0 Å². The van der Waals surface area contributed by atoms with Crippen LogP contribution in [0.25, 0.3) is 0 Å². The average Bonchev–Trinajstić information content (AvgIpc) is 2.44. The van der Waals surface area contributed by atoms with Crippen molar-refractivity contribution in [3.63, 3.8) is 0 Å². The van der Waals surface area contributed by atoms with Crippen molar-refractivity contribution < 1.29 is 4.79 Å². The van der Waals surface area contributed by atoms with Crippen molar-refractivity contribution >= 4 is 5.91 Å². The molecule has 2 saturated heterocycles. The minimum atomic E-state index is 0.329. The van der Waals surface area contributed by atoms with Gasteiger partial charge in [-0.2, -0.15) is 0 Å². The Bertz CT molecular complexity index is 305. The highest BCUT2D eigenvalue weighted by Crippen LogP contribution is 2.21. The highest BCUT2D eigenvalue weighted by Gasteiger charge is 2.28. The molecule has 0 saturated carbocycles. The number of likely N-dealkylation sites (N-methyl/N-ethyl adjacent to an activating group) is 1. The Morgan fingerprint density at radius 3 is 2.55 bits per heavy atom. The van der Waals surface area contributed by atoms with Crippen molar-refractivity contribution in [2.24, 2.45) is 11.8 Å². The van der Waals surface area contributed by atoms with Gasteiger partial charge in [0.25, 0.3) is 0 Å². The quantitative estimate of drug-likeness (QED) is 0.849. The Hall–Kier alpha value is -0.610. The maximum absolute atomic E-state index is 12.6. The SMILES string of the molecule is CCN(CC(=O)N1CC(C)CC(C)C1)C1CCCNC1. The van der Waals surface area contributed by atoms with Crippen LogP contribution in [-0.4, -0.2) is 61.0 Å². The first kappa shape index (κ1) is 15.8. The Balaban J connectivity index is 1.87. The molecule has 0 aromatic carbocycles. The lowest BCUT2D eigenvalue weighted by atomic mass is 9.92. The van der Waals surface area contributed by atoms with E-state index in [-0.39, 0.29) is 0 Å². The number of hydrogen-bond acceptors (Lipinski definition) is 3. The zero-order chi connectivity index (χ0) is 14.5. The third kappa shape index (κ3) is 4.19. The second-order valence-corrected chi connectivity index (χ2v) is 6.81. The average molecular weight is 281 g/mol. The van der Waals surface area contributed by atoms with Crippen molar-refractivity contribution in [3.05, 3.63) is 0 Å². The van der Waals surface area contributed by atoms with E-state index < -0.39 is 0 Å². The molecule has 4 nitrogen and oxygen atoms in total. The predicted molar refractivity (Wildman–Crippen MR) is 82.7 cm³/mol. The van der Waals surface area contributed by atoms with E-state index in [1.54, 1.807) is 0 Å². The first-order valence-electron chi connectivity index (χ1n) is 8.32. The summed E-state index contributed by atoms with van der Waals surface area (Å²) in [5.74, 6) is 1.62. The third-order valence-corrected chi connectivity index (χ3v) is 4.75. The molecule has 1 N–H and O–H groups in total. The molecule has 2 aliphatic heterocycles. The van der Waals surface area contributed by atoms with Crippen LogP contribution in [0.5, 0.6) is 0 Å².